The first-order valence-electron chi connectivity index (χ1n) is 7.84. The molecule has 28 heavy (non-hydrogen) atoms. The first-order chi connectivity index (χ1) is 13.3. The number of carbonyl (C=O) groups excluding carboxylic acids is 2. The molecule has 11 heteroatoms. The van der Waals surface area contributed by atoms with Gasteiger partial charge in [0.2, 0.25) is 0 Å². The van der Waals surface area contributed by atoms with Gasteiger partial charge >= 0.3 is 0 Å². The number of nitrogens with zero attached hydrogens (tertiary/aromatic N) is 1. The van der Waals surface area contributed by atoms with Crippen LogP contribution in [0.4, 0.5) is 5.69 Å². The topological polar surface area (TPSA) is 120 Å². The molecule has 2 rings (SSSR count). The van der Waals surface area contributed by atoms with E-state index in [9.17, 15) is 19.7 Å². The zero-order valence-corrected chi connectivity index (χ0v) is 16.0. The molecule has 0 aliphatic carbocycles. The third-order valence-electron chi connectivity index (χ3n) is 3.31. The average Bonchev–Trinajstić information content (AvgIpc) is 2.65. The highest BCUT2D eigenvalue weighted by molar-refractivity contribution is 6.35. The fraction of sp³-hybridized carbons (Fsp3) is 0.176. The van der Waals surface area contributed by atoms with Crippen LogP contribution in [0.15, 0.2) is 42.5 Å². The van der Waals surface area contributed by atoms with Crippen LogP contribution in [0.25, 0.3) is 0 Å². The first kappa shape index (κ1) is 21.3. The molecule has 0 spiro atoms. The van der Waals surface area contributed by atoms with Gasteiger partial charge in [-0.25, -0.2) is 0 Å². The van der Waals surface area contributed by atoms with E-state index in [1.807, 2.05) is 0 Å². The molecular weight excluding hydrogens is 413 g/mol. The maximum Gasteiger partial charge on any atom is 0.279 e. The summed E-state index contributed by atoms with van der Waals surface area (Å²) in [6, 6.07) is 9.77. The molecule has 0 heterocycles. The summed E-state index contributed by atoms with van der Waals surface area (Å²) in [5, 5.41) is 11.3. The number of nitro groups is 1. The van der Waals surface area contributed by atoms with E-state index in [0.717, 1.165) is 0 Å². The van der Waals surface area contributed by atoms with Gasteiger partial charge in [-0.3, -0.25) is 30.6 Å². The third kappa shape index (κ3) is 6.29. The van der Waals surface area contributed by atoms with E-state index in [2.05, 4.69) is 10.9 Å². The number of hydrogen-bond acceptors (Lipinski definition) is 6. The summed E-state index contributed by atoms with van der Waals surface area (Å²) < 4.78 is 10.6. The fourth-order valence-electron chi connectivity index (χ4n) is 1.91. The Morgan fingerprint density at radius 2 is 1.82 bits per heavy atom. The Labute approximate surface area is 169 Å². The molecule has 2 aromatic carbocycles. The van der Waals surface area contributed by atoms with E-state index in [-0.39, 0.29) is 28.8 Å². The standard InChI is InChI=1S/C17H15Cl2N3O6/c1-10(28-13-5-3-12(4-6-13)22(25)26)17(24)21-20-16(23)9-27-15-7-2-11(18)8-14(15)19/h2-8,10H,9H2,1H3,(H,20,23)(H,21,24). The summed E-state index contributed by atoms with van der Waals surface area (Å²) >= 11 is 11.7. The van der Waals surface area contributed by atoms with E-state index < -0.39 is 22.8 Å². The molecule has 2 aromatic rings. The van der Waals surface area contributed by atoms with Crippen molar-refractivity contribution in [1.29, 1.82) is 0 Å². The second kappa shape index (κ2) is 9.77. The van der Waals surface area contributed by atoms with Gasteiger partial charge in [-0.1, -0.05) is 23.2 Å². The third-order valence-corrected chi connectivity index (χ3v) is 3.84. The SMILES string of the molecule is CC(Oc1ccc([N+](=O)[O-])cc1)C(=O)NNC(=O)COc1ccc(Cl)cc1Cl. The van der Waals surface area contributed by atoms with Crippen molar-refractivity contribution in [3.63, 3.8) is 0 Å². The number of halogens is 2. The van der Waals surface area contributed by atoms with Crippen LogP contribution in [0.2, 0.25) is 10.0 Å². The van der Waals surface area contributed by atoms with Crippen molar-refractivity contribution in [2.45, 2.75) is 13.0 Å². The molecule has 0 bridgehead atoms. The lowest BCUT2D eigenvalue weighted by atomic mass is 10.3. The minimum atomic E-state index is -0.964. The second-order valence-electron chi connectivity index (χ2n) is 5.41. The van der Waals surface area contributed by atoms with Gasteiger partial charge in [0.05, 0.1) is 9.95 Å². The van der Waals surface area contributed by atoms with Crippen LogP contribution in [-0.4, -0.2) is 29.4 Å². The van der Waals surface area contributed by atoms with Gasteiger partial charge in [0.25, 0.3) is 17.5 Å². The lowest BCUT2D eigenvalue weighted by molar-refractivity contribution is -0.384. The molecular formula is C17H15Cl2N3O6. The molecule has 2 N–H and O–H groups in total. The van der Waals surface area contributed by atoms with Gasteiger partial charge in [-0.15, -0.1) is 0 Å². The predicted molar refractivity (Wildman–Crippen MR) is 101 cm³/mol. The Morgan fingerprint density at radius 1 is 1.14 bits per heavy atom. The number of benzene rings is 2. The number of amides is 2. The minimum Gasteiger partial charge on any atom is -0.482 e. The highest BCUT2D eigenvalue weighted by Gasteiger charge is 2.16. The van der Waals surface area contributed by atoms with Crippen LogP contribution in [0.1, 0.15) is 6.92 Å². The van der Waals surface area contributed by atoms with Crippen molar-refractivity contribution in [1.82, 2.24) is 10.9 Å². The number of carbonyl (C=O) groups is 2. The first-order valence-corrected chi connectivity index (χ1v) is 8.59. The molecule has 0 aromatic heterocycles. The fourth-order valence-corrected chi connectivity index (χ4v) is 2.37. The molecule has 0 aliphatic rings. The number of non-ortho nitro benzene ring substituents is 1. The average molecular weight is 428 g/mol. The van der Waals surface area contributed by atoms with Crippen molar-refractivity contribution < 1.29 is 24.0 Å². The maximum atomic E-state index is 12.0. The van der Waals surface area contributed by atoms with Crippen molar-refractivity contribution in [2.75, 3.05) is 6.61 Å². The number of hydrazine groups is 1. The van der Waals surface area contributed by atoms with Crippen molar-refractivity contribution in [3.05, 3.63) is 62.6 Å². The summed E-state index contributed by atoms with van der Waals surface area (Å²) in [6.45, 7) is 1.06. The minimum absolute atomic E-state index is 0.0995. The Balaban J connectivity index is 1.77. The van der Waals surface area contributed by atoms with E-state index in [1.165, 1.54) is 43.3 Å². The van der Waals surface area contributed by atoms with E-state index in [4.69, 9.17) is 32.7 Å². The maximum absolute atomic E-state index is 12.0. The van der Waals surface area contributed by atoms with Crippen LogP contribution in [-0.2, 0) is 9.59 Å². The number of nitrogens with one attached hydrogen (secondary N) is 2. The van der Waals surface area contributed by atoms with Crippen molar-refractivity contribution in [2.24, 2.45) is 0 Å². The van der Waals surface area contributed by atoms with E-state index >= 15 is 0 Å². The van der Waals surface area contributed by atoms with Gasteiger partial charge in [0.1, 0.15) is 11.5 Å². The van der Waals surface area contributed by atoms with E-state index in [0.29, 0.717) is 5.02 Å². The van der Waals surface area contributed by atoms with Crippen LogP contribution in [0.5, 0.6) is 11.5 Å². The van der Waals surface area contributed by atoms with Crippen LogP contribution in [0, 0.1) is 10.1 Å². The normalized spacial score (nSPS) is 11.2. The second-order valence-corrected chi connectivity index (χ2v) is 6.26. The van der Waals surface area contributed by atoms with Crippen molar-refractivity contribution >= 4 is 40.7 Å². The Bertz CT molecular complexity index is 876. The lowest BCUT2D eigenvalue weighted by Crippen LogP contribution is -2.48. The Kier molecular flexibility index (Phi) is 7.42. The van der Waals surface area contributed by atoms with Crippen molar-refractivity contribution in [3.8, 4) is 11.5 Å². The zero-order valence-electron chi connectivity index (χ0n) is 14.5. The van der Waals surface area contributed by atoms with Gasteiger partial charge in [-0.2, -0.15) is 0 Å². The molecule has 148 valence electrons. The van der Waals surface area contributed by atoms with Gasteiger partial charge in [0.15, 0.2) is 12.7 Å². The number of hydrogen-bond donors (Lipinski definition) is 2. The summed E-state index contributed by atoms with van der Waals surface area (Å²) in [6.07, 6.45) is -0.964. The van der Waals surface area contributed by atoms with Crippen LogP contribution in [0.3, 0.4) is 0 Å². The van der Waals surface area contributed by atoms with Crippen LogP contribution >= 0.6 is 23.2 Å². The number of rotatable bonds is 7. The molecule has 2 amide bonds. The predicted octanol–water partition coefficient (Wildman–Crippen LogP) is 2.90. The number of nitro benzene ring substituents is 1. The quantitative estimate of drug-likeness (QED) is 0.517. The van der Waals surface area contributed by atoms with Gasteiger partial charge in [-0.05, 0) is 37.3 Å². The molecule has 1 unspecified atom stereocenters. The van der Waals surface area contributed by atoms with Gasteiger partial charge < -0.3 is 9.47 Å². The summed E-state index contributed by atoms with van der Waals surface area (Å²) in [5.74, 6) is -0.721. The van der Waals surface area contributed by atoms with E-state index in [1.54, 1.807) is 6.07 Å². The molecule has 0 radical (unpaired) electrons. The van der Waals surface area contributed by atoms with Crippen LogP contribution < -0.4 is 20.3 Å². The highest BCUT2D eigenvalue weighted by atomic mass is 35.5. The largest absolute Gasteiger partial charge is 0.482 e. The Hall–Kier alpha value is -3.04. The summed E-state index contributed by atoms with van der Waals surface area (Å²) in [5.41, 5.74) is 4.26. The zero-order chi connectivity index (χ0) is 20.7. The molecule has 9 nitrogen and oxygen atoms in total. The molecule has 0 saturated carbocycles. The summed E-state index contributed by atoms with van der Waals surface area (Å²) in [7, 11) is 0. The molecule has 0 aliphatic heterocycles. The molecule has 1 atom stereocenters. The number of ether oxygens (including phenoxy) is 2. The smallest absolute Gasteiger partial charge is 0.279 e. The molecule has 0 fully saturated rings. The monoisotopic (exact) mass is 427 g/mol. The molecule has 0 saturated heterocycles. The van der Waals surface area contributed by atoms with Gasteiger partial charge in [0, 0.05) is 17.2 Å². The lowest BCUT2D eigenvalue weighted by Gasteiger charge is -2.15. The Morgan fingerprint density at radius 3 is 2.43 bits per heavy atom. The highest BCUT2D eigenvalue weighted by Crippen LogP contribution is 2.27. The summed E-state index contributed by atoms with van der Waals surface area (Å²) in [4.78, 5) is 33.8.